The number of amides is 1. The molecule has 0 fully saturated rings. The molecule has 7 heteroatoms. The van der Waals surface area contributed by atoms with E-state index >= 15 is 0 Å². The monoisotopic (exact) mass is 363 g/mol. The van der Waals surface area contributed by atoms with Gasteiger partial charge < -0.3 is 10.4 Å². The highest BCUT2D eigenvalue weighted by Gasteiger charge is 2.20. The highest BCUT2D eigenvalue weighted by atomic mass is 35.5. The lowest BCUT2D eigenvalue weighted by Crippen LogP contribution is -2.31. The van der Waals surface area contributed by atoms with Crippen LogP contribution in [0.2, 0.25) is 5.02 Å². The van der Waals surface area contributed by atoms with E-state index in [0.717, 1.165) is 11.4 Å². The van der Waals surface area contributed by atoms with Crippen molar-refractivity contribution in [3.05, 3.63) is 52.3 Å². The molecule has 1 heterocycles. The first-order valence-corrected chi connectivity index (χ1v) is 8.43. The lowest BCUT2D eigenvalue weighted by molar-refractivity contribution is -0.137. The molecule has 0 aliphatic carbocycles. The predicted molar refractivity (Wildman–Crippen MR) is 95.6 cm³/mol. The molecule has 1 aromatic carbocycles. The molecule has 0 saturated carbocycles. The first kappa shape index (κ1) is 19.0. The van der Waals surface area contributed by atoms with E-state index in [0.29, 0.717) is 10.6 Å². The van der Waals surface area contributed by atoms with Gasteiger partial charge in [0.15, 0.2) is 0 Å². The van der Waals surface area contributed by atoms with Crippen LogP contribution in [0.15, 0.2) is 30.3 Å². The van der Waals surface area contributed by atoms with Crippen LogP contribution in [-0.2, 0) is 9.59 Å². The van der Waals surface area contributed by atoms with Crippen LogP contribution in [0.25, 0.3) is 0 Å². The van der Waals surface area contributed by atoms with Crippen LogP contribution in [0.4, 0.5) is 0 Å². The number of halogens is 1. The summed E-state index contributed by atoms with van der Waals surface area (Å²) < 4.78 is 1.81. The Labute approximate surface area is 151 Å². The third kappa shape index (κ3) is 5.32. The van der Waals surface area contributed by atoms with Crippen molar-refractivity contribution in [2.24, 2.45) is 0 Å². The van der Waals surface area contributed by atoms with E-state index in [2.05, 4.69) is 10.4 Å². The summed E-state index contributed by atoms with van der Waals surface area (Å²) in [6, 6.07) is 8.03. The van der Waals surface area contributed by atoms with Crippen molar-refractivity contribution < 1.29 is 14.7 Å². The Kier molecular flexibility index (Phi) is 6.20. The minimum Gasteiger partial charge on any atom is -0.481 e. The van der Waals surface area contributed by atoms with Gasteiger partial charge in [-0.25, -0.2) is 0 Å². The molecule has 0 aliphatic rings. The lowest BCUT2D eigenvalue weighted by Gasteiger charge is -2.20. The Hall–Kier alpha value is -2.34. The molecule has 1 amide bonds. The number of benzene rings is 1. The zero-order chi connectivity index (χ0) is 18.6. The van der Waals surface area contributed by atoms with E-state index in [4.69, 9.17) is 16.7 Å². The molecule has 2 N–H and O–H groups in total. The van der Waals surface area contributed by atoms with Crippen molar-refractivity contribution in [3.8, 4) is 0 Å². The fourth-order valence-electron chi connectivity index (χ4n) is 2.82. The number of aromatic nitrogens is 2. The van der Waals surface area contributed by atoms with Gasteiger partial charge in [-0.1, -0.05) is 23.7 Å². The molecular weight excluding hydrogens is 342 g/mol. The van der Waals surface area contributed by atoms with E-state index in [1.807, 2.05) is 31.5 Å². The van der Waals surface area contributed by atoms with Gasteiger partial charge in [0, 0.05) is 17.1 Å². The summed E-state index contributed by atoms with van der Waals surface area (Å²) in [5, 5.41) is 16.9. The van der Waals surface area contributed by atoms with E-state index in [9.17, 15) is 9.59 Å². The second kappa shape index (κ2) is 8.16. The van der Waals surface area contributed by atoms with Gasteiger partial charge in [0.2, 0.25) is 5.91 Å². The Morgan fingerprint density at radius 1 is 1.24 bits per heavy atom. The number of carbonyl (C=O) groups is 2. The SMILES string of the molecule is Cc1cc(C)n(C(C)CC(=O)N[C@@H](CC(=O)O)c2ccc(Cl)cc2)n1. The van der Waals surface area contributed by atoms with Gasteiger partial charge in [-0.3, -0.25) is 14.3 Å². The molecule has 0 bridgehead atoms. The zero-order valence-corrected chi connectivity index (χ0v) is 15.2. The summed E-state index contributed by atoms with van der Waals surface area (Å²) in [4.78, 5) is 23.5. The van der Waals surface area contributed by atoms with Crippen molar-refractivity contribution in [1.82, 2.24) is 15.1 Å². The number of carbonyl (C=O) groups excluding carboxylic acids is 1. The molecule has 2 atom stereocenters. The standard InChI is InChI=1S/C18H22ClN3O3/c1-11-8-12(2)22(21-11)13(3)9-17(23)20-16(10-18(24)25)14-4-6-15(19)7-5-14/h4-8,13,16H,9-10H2,1-3H3,(H,20,23)(H,24,25)/t13?,16-/m0/s1. The average Bonchev–Trinajstić information content (AvgIpc) is 2.85. The number of hydrogen-bond acceptors (Lipinski definition) is 3. The van der Waals surface area contributed by atoms with Crippen molar-refractivity contribution in [2.45, 2.75) is 45.7 Å². The van der Waals surface area contributed by atoms with Crippen molar-refractivity contribution in [3.63, 3.8) is 0 Å². The van der Waals surface area contributed by atoms with Crippen molar-refractivity contribution in [1.29, 1.82) is 0 Å². The fraction of sp³-hybridized carbons (Fsp3) is 0.389. The molecule has 0 aliphatic heterocycles. The minimum absolute atomic E-state index is 0.121. The van der Waals surface area contributed by atoms with Crippen LogP contribution in [-0.4, -0.2) is 26.8 Å². The van der Waals surface area contributed by atoms with Gasteiger partial charge in [0.05, 0.1) is 24.2 Å². The smallest absolute Gasteiger partial charge is 0.305 e. The van der Waals surface area contributed by atoms with Crippen molar-refractivity contribution >= 4 is 23.5 Å². The first-order valence-electron chi connectivity index (χ1n) is 8.05. The molecule has 0 spiro atoms. The normalized spacial score (nSPS) is 13.3. The Balaban J connectivity index is 2.07. The van der Waals surface area contributed by atoms with E-state index < -0.39 is 12.0 Å². The number of hydrogen-bond donors (Lipinski definition) is 2. The van der Waals surface area contributed by atoms with E-state index in [1.54, 1.807) is 24.3 Å². The largest absolute Gasteiger partial charge is 0.481 e. The Morgan fingerprint density at radius 3 is 2.40 bits per heavy atom. The summed E-state index contributed by atoms with van der Waals surface area (Å²) >= 11 is 5.87. The van der Waals surface area contributed by atoms with Crippen molar-refractivity contribution in [2.75, 3.05) is 0 Å². The average molecular weight is 364 g/mol. The van der Waals surface area contributed by atoms with E-state index in [1.165, 1.54) is 0 Å². The summed E-state index contributed by atoms with van der Waals surface area (Å²) in [6.07, 6.45) is 0.0212. The third-order valence-corrected chi connectivity index (χ3v) is 4.18. The molecule has 134 valence electrons. The second-order valence-electron chi connectivity index (χ2n) is 6.19. The van der Waals surface area contributed by atoms with Gasteiger partial charge in [0.1, 0.15) is 0 Å². The Bertz CT molecular complexity index is 755. The highest BCUT2D eigenvalue weighted by Crippen LogP contribution is 2.21. The number of carboxylic acid groups (broad SMARTS) is 1. The number of rotatable bonds is 7. The van der Waals surface area contributed by atoms with Gasteiger partial charge in [-0.15, -0.1) is 0 Å². The highest BCUT2D eigenvalue weighted by molar-refractivity contribution is 6.30. The molecule has 1 aromatic heterocycles. The maximum Gasteiger partial charge on any atom is 0.305 e. The molecule has 0 saturated heterocycles. The topological polar surface area (TPSA) is 84.2 Å². The quantitative estimate of drug-likeness (QED) is 0.789. The molecule has 25 heavy (non-hydrogen) atoms. The maximum absolute atomic E-state index is 12.4. The minimum atomic E-state index is -0.980. The van der Waals surface area contributed by atoms with Crippen LogP contribution in [0.5, 0.6) is 0 Å². The molecule has 1 unspecified atom stereocenters. The first-order chi connectivity index (χ1) is 11.8. The molecule has 0 radical (unpaired) electrons. The number of nitrogens with one attached hydrogen (secondary N) is 1. The lowest BCUT2D eigenvalue weighted by atomic mass is 10.0. The van der Waals surface area contributed by atoms with Crippen LogP contribution in [0, 0.1) is 13.8 Å². The number of aliphatic carboxylic acids is 1. The van der Waals surface area contributed by atoms with Crippen LogP contribution >= 0.6 is 11.6 Å². The maximum atomic E-state index is 12.4. The summed E-state index contributed by atoms with van der Waals surface area (Å²) in [5.41, 5.74) is 2.59. The molecule has 2 aromatic rings. The van der Waals surface area contributed by atoms with Gasteiger partial charge >= 0.3 is 5.97 Å². The number of carboxylic acids is 1. The fourth-order valence-corrected chi connectivity index (χ4v) is 2.95. The van der Waals surface area contributed by atoms with Crippen LogP contribution in [0.1, 0.15) is 48.8 Å². The van der Waals surface area contributed by atoms with Crippen LogP contribution < -0.4 is 5.32 Å². The molecule has 6 nitrogen and oxygen atoms in total. The third-order valence-electron chi connectivity index (χ3n) is 3.93. The van der Waals surface area contributed by atoms with Gasteiger partial charge in [0.25, 0.3) is 0 Å². The van der Waals surface area contributed by atoms with Gasteiger partial charge in [-0.2, -0.15) is 5.10 Å². The predicted octanol–water partition coefficient (Wildman–Crippen LogP) is 3.44. The zero-order valence-electron chi connectivity index (χ0n) is 14.5. The molecular formula is C18H22ClN3O3. The molecule has 2 rings (SSSR count). The Morgan fingerprint density at radius 2 is 1.88 bits per heavy atom. The summed E-state index contributed by atoms with van der Waals surface area (Å²) in [6.45, 7) is 5.75. The van der Waals surface area contributed by atoms with Gasteiger partial charge in [-0.05, 0) is 44.5 Å². The van der Waals surface area contributed by atoms with E-state index in [-0.39, 0.29) is 24.8 Å². The second-order valence-corrected chi connectivity index (χ2v) is 6.63. The summed E-state index contributed by atoms with van der Waals surface area (Å²) in [7, 11) is 0. The number of aryl methyl sites for hydroxylation is 2. The van der Waals surface area contributed by atoms with Crippen LogP contribution in [0.3, 0.4) is 0 Å². The summed E-state index contributed by atoms with van der Waals surface area (Å²) in [5.74, 6) is -1.20. The number of nitrogens with zero attached hydrogens (tertiary/aromatic N) is 2.